The zero-order valence-electron chi connectivity index (χ0n) is 13.9. The van der Waals surface area contributed by atoms with Gasteiger partial charge in [-0.1, -0.05) is 12.1 Å². The van der Waals surface area contributed by atoms with Crippen LogP contribution in [0.1, 0.15) is 24.5 Å². The third-order valence-corrected chi connectivity index (χ3v) is 4.92. The Hall–Kier alpha value is -3.48. The van der Waals surface area contributed by atoms with Crippen molar-refractivity contribution < 1.29 is 0 Å². The van der Waals surface area contributed by atoms with Crippen molar-refractivity contribution in [3.63, 3.8) is 0 Å². The van der Waals surface area contributed by atoms with Crippen molar-refractivity contribution in [2.24, 2.45) is 0 Å². The van der Waals surface area contributed by atoms with Gasteiger partial charge in [0.2, 0.25) is 0 Å². The molecule has 26 heavy (non-hydrogen) atoms. The summed E-state index contributed by atoms with van der Waals surface area (Å²) in [5, 5.41) is 12.9. The van der Waals surface area contributed by atoms with E-state index < -0.39 is 0 Å². The maximum Gasteiger partial charge on any atom is 0.198 e. The minimum absolute atomic E-state index is 0.609. The van der Waals surface area contributed by atoms with Gasteiger partial charge in [-0.25, -0.2) is 14.6 Å². The maximum absolute atomic E-state index is 4.88. The number of benzene rings is 1. The fraction of sp³-hybridized carbons (Fsp3) is 0.158. The van der Waals surface area contributed by atoms with Crippen LogP contribution in [0.5, 0.6) is 0 Å². The van der Waals surface area contributed by atoms with Crippen molar-refractivity contribution >= 4 is 16.6 Å². The van der Waals surface area contributed by atoms with Gasteiger partial charge in [0.25, 0.3) is 0 Å². The van der Waals surface area contributed by atoms with E-state index in [4.69, 9.17) is 10.1 Å². The third kappa shape index (κ3) is 2.07. The topological polar surface area (TPSA) is 76.7 Å². The zero-order valence-corrected chi connectivity index (χ0v) is 13.9. The number of aromatic nitrogens is 7. The second-order valence-electron chi connectivity index (χ2n) is 6.74. The number of hydrogen-bond donors (Lipinski definition) is 1. The first kappa shape index (κ1) is 13.8. The second-order valence-corrected chi connectivity index (χ2v) is 6.74. The zero-order chi connectivity index (χ0) is 17.1. The lowest BCUT2D eigenvalue weighted by atomic mass is 10.1. The molecular formula is C19H15N7. The van der Waals surface area contributed by atoms with Gasteiger partial charge in [-0.2, -0.15) is 10.2 Å². The summed E-state index contributed by atoms with van der Waals surface area (Å²) in [7, 11) is 0. The predicted octanol–water partition coefficient (Wildman–Crippen LogP) is 3.34. The Balaban J connectivity index is 1.55. The fourth-order valence-electron chi connectivity index (χ4n) is 3.36. The van der Waals surface area contributed by atoms with Crippen LogP contribution in [0, 0.1) is 0 Å². The predicted molar refractivity (Wildman–Crippen MR) is 97.2 cm³/mol. The van der Waals surface area contributed by atoms with Crippen molar-refractivity contribution in [3.05, 3.63) is 60.9 Å². The van der Waals surface area contributed by atoms with E-state index in [2.05, 4.69) is 33.4 Å². The molecule has 0 atom stereocenters. The maximum atomic E-state index is 4.88. The summed E-state index contributed by atoms with van der Waals surface area (Å²) >= 11 is 0. The molecule has 0 aliphatic heterocycles. The van der Waals surface area contributed by atoms with E-state index in [1.165, 1.54) is 12.8 Å². The molecule has 0 bridgehead atoms. The van der Waals surface area contributed by atoms with Crippen LogP contribution < -0.4 is 0 Å². The number of rotatable bonds is 3. The van der Waals surface area contributed by atoms with Crippen LogP contribution >= 0.6 is 0 Å². The van der Waals surface area contributed by atoms with Gasteiger partial charge in [0.05, 0.1) is 23.1 Å². The molecular weight excluding hydrogens is 326 g/mol. The number of H-pyrrole nitrogens is 1. The number of aromatic amines is 1. The van der Waals surface area contributed by atoms with E-state index in [0.717, 1.165) is 39.3 Å². The molecule has 0 spiro atoms. The Kier molecular flexibility index (Phi) is 2.65. The van der Waals surface area contributed by atoms with Gasteiger partial charge in [-0.3, -0.25) is 5.10 Å². The highest BCUT2D eigenvalue weighted by Crippen LogP contribution is 2.39. The first-order valence-electron chi connectivity index (χ1n) is 8.68. The van der Waals surface area contributed by atoms with Gasteiger partial charge in [-0.05, 0) is 25.0 Å². The lowest BCUT2D eigenvalue weighted by molar-refractivity contribution is 0.811. The molecule has 1 fully saturated rings. The molecule has 1 saturated carbocycles. The molecule has 0 amide bonds. The van der Waals surface area contributed by atoms with E-state index in [1.54, 1.807) is 6.20 Å². The van der Waals surface area contributed by atoms with Crippen LogP contribution in [0.2, 0.25) is 0 Å². The summed E-state index contributed by atoms with van der Waals surface area (Å²) in [6, 6.07) is 8.26. The molecule has 1 N–H and O–H groups in total. The van der Waals surface area contributed by atoms with Crippen LogP contribution in [-0.4, -0.2) is 34.3 Å². The number of fused-ring (bicyclic) bond motifs is 2. The van der Waals surface area contributed by atoms with Crippen molar-refractivity contribution in [2.75, 3.05) is 0 Å². The monoisotopic (exact) mass is 341 g/mol. The van der Waals surface area contributed by atoms with Gasteiger partial charge < -0.3 is 4.40 Å². The number of hydrogen-bond acceptors (Lipinski definition) is 4. The average Bonchev–Trinajstić information content (AvgIpc) is 3.09. The molecule has 5 aromatic rings. The molecule has 7 nitrogen and oxygen atoms in total. The first-order chi connectivity index (χ1) is 12.8. The molecule has 4 aromatic heterocycles. The first-order valence-corrected chi connectivity index (χ1v) is 8.68. The van der Waals surface area contributed by atoms with Crippen LogP contribution in [-0.2, 0) is 0 Å². The van der Waals surface area contributed by atoms with Crippen LogP contribution in [0.4, 0.5) is 0 Å². The average molecular weight is 341 g/mol. The standard InChI is InChI=1S/C19H15N7/c1-2-12(1)15-5-7-26(24-15)19-18-20-6-8-25(18)11-17(22-19)13-3-4-14-10-21-23-16(14)9-13/h3-12H,1-2H2,(H,21,23). The summed E-state index contributed by atoms with van der Waals surface area (Å²) < 4.78 is 3.83. The highest BCUT2D eigenvalue weighted by atomic mass is 15.3. The Morgan fingerprint density at radius 3 is 3.00 bits per heavy atom. The minimum atomic E-state index is 0.609. The van der Waals surface area contributed by atoms with Crippen molar-refractivity contribution in [2.45, 2.75) is 18.8 Å². The van der Waals surface area contributed by atoms with Crippen LogP contribution in [0.3, 0.4) is 0 Å². The molecule has 1 aliphatic rings. The number of imidazole rings is 1. The molecule has 7 heteroatoms. The van der Waals surface area contributed by atoms with Gasteiger partial charge in [0.15, 0.2) is 11.5 Å². The molecule has 1 aromatic carbocycles. The van der Waals surface area contributed by atoms with E-state index in [0.29, 0.717) is 5.92 Å². The molecule has 4 heterocycles. The van der Waals surface area contributed by atoms with Crippen molar-refractivity contribution in [1.82, 2.24) is 34.3 Å². The summed E-state index contributed by atoms with van der Waals surface area (Å²) in [6.07, 6.45) is 12.0. The lowest BCUT2D eigenvalue weighted by Crippen LogP contribution is -2.04. The quantitative estimate of drug-likeness (QED) is 0.546. The Morgan fingerprint density at radius 2 is 2.08 bits per heavy atom. The SMILES string of the molecule is c1cn2cc(-c3ccc4cn[nH]c4c3)nc(-n3ccc(C4CC4)n3)c2n1. The largest absolute Gasteiger partial charge is 0.302 e. The van der Waals surface area contributed by atoms with Crippen molar-refractivity contribution in [1.29, 1.82) is 0 Å². The van der Waals surface area contributed by atoms with E-state index >= 15 is 0 Å². The van der Waals surface area contributed by atoms with E-state index in [-0.39, 0.29) is 0 Å². The van der Waals surface area contributed by atoms with Crippen molar-refractivity contribution in [3.8, 4) is 17.1 Å². The summed E-state index contributed by atoms with van der Waals surface area (Å²) in [6.45, 7) is 0. The lowest BCUT2D eigenvalue weighted by Gasteiger charge is -2.08. The smallest absolute Gasteiger partial charge is 0.198 e. The molecule has 0 radical (unpaired) electrons. The highest BCUT2D eigenvalue weighted by Gasteiger charge is 2.26. The summed E-state index contributed by atoms with van der Waals surface area (Å²) in [4.78, 5) is 9.35. The normalized spacial score (nSPS) is 14.5. The number of nitrogens with zero attached hydrogens (tertiary/aromatic N) is 6. The minimum Gasteiger partial charge on any atom is -0.302 e. The van der Waals surface area contributed by atoms with Crippen LogP contribution in [0.15, 0.2) is 55.2 Å². The molecule has 6 rings (SSSR count). The van der Waals surface area contributed by atoms with Gasteiger partial charge in [0, 0.05) is 41.7 Å². The summed E-state index contributed by atoms with van der Waals surface area (Å²) in [5.41, 5.74) is 4.81. The second kappa shape index (κ2) is 5.01. The van der Waals surface area contributed by atoms with Gasteiger partial charge in [-0.15, -0.1) is 0 Å². The summed E-state index contributed by atoms with van der Waals surface area (Å²) in [5.74, 6) is 1.35. The molecule has 0 unspecified atom stereocenters. The van der Waals surface area contributed by atoms with E-state index in [1.807, 2.05) is 39.9 Å². The third-order valence-electron chi connectivity index (χ3n) is 4.92. The van der Waals surface area contributed by atoms with Gasteiger partial charge in [0.1, 0.15) is 0 Å². The Morgan fingerprint density at radius 1 is 1.12 bits per heavy atom. The Bertz CT molecular complexity index is 1260. The number of nitrogens with one attached hydrogen (secondary N) is 1. The van der Waals surface area contributed by atoms with E-state index in [9.17, 15) is 0 Å². The Labute approximate surface area is 148 Å². The van der Waals surface area contributed by atoms with Crippen LogP contribution in [0.25, 0.3) is 33.6 Å². The fourth-order valence-corrected chi connectivity index (χ4v) is 3.36. The van der Waals surface area contributed by atoms with Gasteiger partial charge >= 0.3 is 0 Å². The molecule has 126 valence electrons. The highest BCUT2D eigenvalue weighted by molar-refractivity contribution is 5.83. The molecule has 1 aliphatic carbocycles. The molecule has 0 saturated heterocycles.